The molecule has 0 saturated carbocycles. The van der Waals surface area contributed by atoms with Crippen molar-refractivity contribution in [3.63, 3.8) is 0 Å². The van der Waals surface area contributed by atoms with E-state index in [2.05, 4.69) is 24.3 Å². The number of hydrogen-bond acceptors (Lipinski definition) is 5. The van der Waals surface area contributed by atoms with E-state index in [1.165, 1.54) is 10.6 Å². The summed E-state index contributed by atoms with van der Waals surface area (Å²) in [5, 5.41) is 2.59. The summed E-state index contributed by atoms with van der Waals surface area (Å²) in [6.07, 6.45) is -0.332. The van der Waals surface area contributed by atoms with Crippen molar-refractivity contribution in [2.45, 2.75) is 0 Å². The van der Waals surface area contributed by atoms with E-state index >= 15 is 0 Å². The molecule has 7 heteroatoms. The molecule has 0 aromatic heterocycles. The van der Waals surface area contributed by atoms with Gasteiger partial charge in [0.25, 0.3) is 0 Å². The largest absolute Gasteiger partial charge is 0.457 e. The predicted octanol–water partition coefficient (Wildman–Crippen LogP) is 8.32. The standard InChI is InChI=1S/C24H18O2P2S3/c29-28(24-17-13-22(14-18-24)26-20-9-5-2-6-10-20)30-27(31-28)23-15-11-21(12-16-23)25-19-7-3-1-4-8-19/h1-18H. The second kappa shape index (κ2) is 9.40. The summed E-state index contributed by atoms with van der Waals surface area (Å²) < 4.78 is 10.2. The maximum atomic E-state index is 6.05. The van der Waals surface area contributed by atoms with Crippen LogP contribution in [0.25, 0.3) is 0 Å². The van der Waals surface area contributed by atoms with Gasteiger partial charge in [-0.2, -0.15) is 0 Å². The Morgan fingerprint density at radius 3 is 1.45 bits per heavy atom. The molecule has 31 heavy (non-hydrogen) atoms. The normalized spacial score (nSPS) is 19.9. The fourth-order valence-corrected chi connectivity index (χ4v) is 28.9. The maximum Gasteiger partial charge on any atom is 0.127 e. The van der Waals surface area contributed by atoms with Crippen LogP contribution in [0.5, 0.6) is 23.0 Å². The van der Waals surface area contributed by atoms with Crippen LogP contribution in [-0.2, 0) is 11.8 Å². The Labute approximate surface area is 196 Å². The molecule has 0 spiro atoms. The second-order valence-electron chi connectivity index (χ2n) is 6.74. The molecule has 0 bridgehead atoms. The van der Waals surface area contributed by atoms with Crippen LogP contribution in [0.3, 0.4) is 0 Å². The molecule has 0 unspecified atom stereocenters. The number of benzene rings is 4. The minimum absolute atomic E-state index is 0.332. The van der Waals surface area contributed by atoms with Crippen LogP contribution in [0.15, 0.2) is 109 Å². The van der Waals surface area contributed by atoms with Crippen LogP contribution in [0.2, 0.25) is 0 Å². The Morgan fingerprint density at radius 2 is 0.968 bits per heavy atom. The Kier molecular flexibility index (Phi) is 6.41. The van der Waals surface area contributed by atoms with Crippen molar-refractivity contribution < 1.29 is 9.47 Å². The van der Waals surface area contributed by atoms with Crippen molar-refractivity contribution in [2.75, 3.05) is 0 Å². The quantitative estimate of drug-likeness (QED) is 0.249. The average molecular weight is 497 g/mol. The van der Waals surface area contributed by atoms with Gasteiger partial charge in [0.05, 0.1) is 10.8 Å². The smallest absolute Gasteiger partial charge is 0.127 e. The van der Waals surface area contributed by atoms with Crippen molar-refractivity contribution >= 4 is 55.2 Å². The molecule has 0 aliphatic carbocycles. The van der Waals surface area contributed by atoms with Gasteiger partial charge in [-0.15, -0.1) is 0 Å². The topological polar surface area (TPSA) is 18.5 Å². The van der Waals surface area contributed by atoms with E-state index in [1.54, 1.807) is 0 Å². The molecule has 0 N–H and O–H groups in total. The molecule has 4 aromatic rings. The highest BCUT2D eigenvalue weighted by Gasteiger charge is 2.40. The molecule has 0 amide bonds. The van der Waals surface area contributed by atoms with E-state index in [9.17, 15) is 0 Å². The van der Waals surface area contributed by atoms with Crippen LogP contribution in [0.1, 0.15) is 0 Å². The van der Waals surface area contributed by atoms with Gasteiger partial charge in [0.15, 0.2) is 0 Å². The van der Waals surface area contributed by atoms with Crippen LogP contribution < -0.4 is 20.1 Å². The summed E-state index contributed by atoms with van der Waals surface area (Å²) in [5.41, 5.74) is 0. The number of hydrogen-bond donors (Lipinski definition) is 0. The number of para-hydroxylation sites is 2. The molecule has 154 valence electrons. The molecule has 2 nitrogen and oxygen atoms in total. The fraction of sp³-hybridized carbons (Fsp3) is 0. The minimum Gasteiger partial charge on any atom is -0.457 e. The molecule has 1 aliphatic rings. The van der Waals surface area contributed by atoms with Gasteiger partial charge < -0.3 is 9.47 Å². The molecule has 1 saturated heterocycles. The Bertz CT molecular complexity index is 1190. The van der Waals surface area contributed by atoms with Crippen molar-refractivity contribution in [3.8, 4) is 23.0 Å². The first-order chi connectivity index (χ1) is 15.2. The summed E-state index contributed by atoms with van der Waals surface area (Å²) in [6, 6.07) is 36.4. The highest BCUT2D eigenvalue weighted by atomic mass is 33.7. The number of rotatable bonds is 6. The third-order valence-electron chi connectivity index (χ3n) is 4.52. The van der Waals surface area contributed by atoms with E-state index in [0.29, 0.717) is 0 Å². The van der Waals surface area contributed by atoms with Crippen molar-refractivity contribution in [1.29, 1.82) is 0 Å². The Hall–Kier alpha value is -1.74. The summed E-state index contributed by atoms with van der Waals surface area (Å²) in [4.78, 5) is 0. The van der Waals surface area contributed by atoms with Crippen LogP contribution in [0, 0.1) is 0 Å². The lowest BCUT2D eigenvalue weighted by molar-refractivity contribution is 0.482. The zero-order valence-corrected chi connectivity index (χ0v) is 20.6. The molecule has 0 radical (unpaired) electrons. The zero-order chi connectivity index (χ0) is 21.1. The van der Waals surface area contributed by atoms with E-state index in [1.807, 2.05) is 107 Å². The van der Waals surface area contributed by atoms with Crippen LogP contribution in [0.4, 0.5) is 0 Å². The summed E-state index contributed by atoms with van der Waals surface area (Å²) in [5.74, 6) is 3.38. The van der Waals surface area contributed by atoms with Gasteiger partial charge >= 0.3 is 0 Å². The van der Waals surface area contributed by atoms with Gasteiger partial charge in [0.1, 0.15) is 23.0 Å². The first-order valence-corrected chi connectivity index (χ1v) is 17.8. The van der Waals surface area contributed by atoms with Crippen molar-refractivity contribution in [3.05, 3.63) is 109 Å². The minimum atomic E-state index is -1.63. The summed E-state index contributed by atoms with van der Waals surface area (Å²) >= 11 is 10.00. The first kappa shape index (κ1) is 21.1. The van der Waals surface area contributed by atoms with E-state index < -0.39 is 4.44 Å². The lowest BCUT2D eigenvalue weighted by atomic mass is 10.3. The summed E-state index contributed by atoms with van der Waals surface area (Å²) in [7, 11) is 0. The number of ether oxygens (including phenoxy) is 2. The average Bonchev–Trinajstić information content (AvgIpc) is 2.79. The van der Waals surface area contributed by atoms with Crippen LogP contribution >= 0.6 is 32.8 Å². The van der Waals surface area contributed by atoms with Crippen molar-refractivity contribution in [2.24, 2.45) is 0 Å². The van der Waals surface area contributed by atoms with Gasteiger partial charge in [-0.25, -0.2) is 0 Å². The molecular weight excluding hydrogens is 478 g/mol. The molecule has 4 aromatic carbocycles. The van der Waals surface area contributed by atoms with Gasteiger partial charge in [-0.1, -0.05) is 70.2 Å². The van der Waals surface area contributed by atoms with Gasteiger partial charge in [-0.05, 0) is 78.1 Å². The fourth-order valence-electron chi connectivity index (χ4n) is 2.97. The molecule has 1 aliphatic heterocycles. The molecule has 0 atom stereocenters. The Morgan fingerprint density at radius 1 is 0.548 bits per heavy atom. The lowest BCUT2D eigenvalue weighted by Gasteiger charge is -2.37. The molecule has 1 heterocycles. The van der Waals surface area contributed by atoms with Gasteiger partial charge in [0, 0.05) is 5.30 Å². The van der Waals surface area contributed by atoms with Crippen LogP contribution in [-0.4, -0.2) is 0 Å². The Balaban J connectivity index is 1.21. The van der Waals surface area contributed by atoms with E-state index in [-0.39, 0.29) is 6.33 Å². The third kappa shape index (κ3) is 5.03. The molecule has 5 rings (SSSR count). The van der Waals surface area contributed by atoms with Gasteiger partial charge in [0.2, 0.25) is 0 Å². The maximum absolute atomic E-state index is 6.05. The molecule has 1 fully saturated rings. The predicted molar refractivity (Wildman–Crippen MR) is 142 cm³/mol. The van der Waals surface area contributed by atoms with Gasteiger partial charge in [-0.3, -0.25) is 0 Å². The first-order valence-electron chi connectivity index (χ1n) is 9.64. The highest BCUT2D eigenvalue weighted by molar-refractivity contribution is 9.43. The highest BCUT2D eigenvalue weighted by Crippen LogP contribution is 2.99. The van der Waals surface area contributed by atoms with E-state index in [4.69, 9.17) is 21.3 Å². The van der Waals surface area contributed by atoms with Crippen molar-refractivity contribution in [1.82, 2.24) is 0 Å². The second-order valence-corrected chi connectivity index (χ2v) is 23.4. The van der Waals surface area contributed by atoms with E-state index in [0.717, 1.165) is 23.0 Å². The SMILES string of the molecule is S=P1(c2ccc(Oc3ccccc3)cc2)SP(c2ccc(Oc3ccccc3)cc2)S1. The third-order valence-corrected chi connectivity index (χ3v) is 29.6. The monoisotopic (exact) mass is 496 g/mol. The lowest BCUT2D eigenvalue weighted by Crippen LogP contribution is -2.06. The zero-order valence-electron chi connectivity index (χ0n) is 16.3. The summed E-state index contributed by atoms with van der Waals surface area (Å²) in [6.45, 7) is 0. The molecular formula is C24H18O2P2S3.